The number of nitriles is 1. The van der Waals surface area contributed by atoms with Gasteiger partial charge >= 0.3 is 0 Å². The zero-order valence-electron chi connectivity index (χ0n) is 8.33. The summed E-state index contributed by atoms with van der Waals surface area (Å²) in [7, 11) is 0. The van der Waals surface area contributed by atoms with E-state index in [-0.39, 0.29) is 5.69 Å². The smallest absolute Gasteiger partial charge is 0.270 e. The van der Waals surface area contributed by atoms with Gasteiger partial charge in [-0.15, -0.1) is 0 Å². The summed E-state index contributed by atoms with van der Waals surface area (Å²) >= 11 is 0. The Balaban J connectivity index is 2.39. The van der Waals surface area contributed by atoms with Crippen LogP contribution in [0.2, 0.25) is 0 Å². The molecule has 0 saturated heterocycles. The van der Waals surface area contributed by atoms with Gasteiger partial charge in [0.1, 0.15) is 0 Å². The summed E-state index contributed by atoms with van der Waals surface area (Å²) in [6, 6.07) is 6.53. The number of aromatic nitrogens is 2. The number of fused-ring (bicyclic) bond motifs is 1. The molecular weight excluding hydrogens is 208 g/mol. The van der Waals surface area contributed by atoms with E-state index in [1.54, 1.807) is 16.9 Å². The number of nitrogens with zero attached hydrogens (tertiary/aromatic N) is 4. The van der Waals surface area contributed by atoms with E-state index >= 15 is 0 Å². The first-order valence-corrected chi connectivity index (χ1v) is 4.69. The molecule has 1 aromatic heterocycles. The molecule has 0 spiro atoms. The summed E-state index contributed by atoms with van der Waals surface area (Å²) in [4.78, 5) is 10.1. The van der Waals surface area contributed by atoms with Crippen molar-refractivity contribution < 1.29 is 4.92 Å². The molecule has 0 aliphatic carbocycles. The lowest BCUT2D eigenvalue weighted by atomic mass is 10.2. The highest BCUT2D eigenvalue weighted by molar-refractivity contribution is 5.80. The predicted octanol–water partition coefficient (Wildman–Crippen LogP) is 1.86. The topological polar surface area (TPSA) is 84.8 Å². The summed E-state index contributed by atoms with van der Waals surface area (Å²) in [5, 5.41) is 23.9. The molecule has 0 aliphatic rings. The Bertz CT molecular complexity index is 582. The van der Waals surface area contributed by atoms with E-state index in [0.29, 0.717) is 23.9 Å². The normalized spacial score (nSPS) is 10.2. The van der Waals surface area contributed by atoms with Crippen LogP contribution in [-0.2, 0) is 6.54 Å². The second-order valence-electron chi connectivity index (χ2n) is 3.30. The highest BCUT2D eigenvalue weighted by atomic mass is 16.6. The molecule has 0 atom stereocenters. The average Bonchev–Trinajstić information content (AvgIpc) is 2.67. The van der Waals surface area contributed by atoms with Gasteiger partial charge in [0, 0.05) is 23.7 Å². The first kappa shape index (κ1) is 10.1. The van der Waals surface area contributed by atoms with Crippen LogP contribution in [0.4, 0.5) is 5.69 Å². The molecular formula is C10H8N4O2. The second kappa shape index (κ2) is 3.98. The Morgan fingerprint density at radius 1 is 1.56 bits per heavy atom. The number of benzene rings is 1. The molecule has 6 heteroatoms. The second-order valence-corrected chi connectivity index (χ2v) is 3.30. The molecule has 1 aromatic carbocycles. The molecule has 0 amide bonds. The maximum absolute atomic E-state index is 10.6. The summed E-state index contributed by atoms with van der Waals surface area (Å²) in [5.74, 6) is 0. The third kappa shape index (κ3) is 1.83. The molecule has 2 aromatic rings. The fourth-order valence-corrected chi connectivity index (χ4v) is 1.46. The molecule has 2 rings (SSSR count). The Hall–Kier alpha value is -2.42. The van der Waals surface area contributed by atoms with Gasteiger partial charge in [-0.3, -0.25) is 14.8 Å². The van der Waals surface area contributed by atoms with Gasteiger partial charge < -0.3 is 0 Å². The van der Waals surface area contributed by atoms with Crippen LogP contribution in [0.15, 0.2) is 24.4 Å². The summed E-state index contributed by atoms with van der Waals surface area (Å²) in [5.41, 5.74) is 0.746. The van der Waals surface area contributed by atoms with E-state index in [9.17, 15) is 10.1 Å². The van der Waals surface area contributed by atoms with Crippen LogP contribution < -0.4 is 0 Å². The van der Waals surface area contributed by atoms with Crippen LogP contribution in [0, 0.1) is 21.4 Å². The highest BCUT2D eigenvalue weighted by Gasteiger charge is 2.08. The molecule has 1 heterocycles. The van der Waals surface area contributed by atoms with Crippen molar-refractivity contribution in [1.82, 2.24) is 9.78 Å². The van der Waals surface area contributed by atoms with E-state index < -0.39 is 4.92 Å². The molecule has 0 bridgehead atoms. The Morgan fingerprint density at radius 2 is 2.38 bits per heavy atom. The first-order valence-electron chi connectivity index (χ1n) is 4.69. The first-order chi connectivity index (χ1) is 7.70. The molecule has 0 aliphatic heterocycles. The van der Waals surface area contributed by atoms with Crippen LogP contribution in [0.1, 0.15) is 6.42 Å². The van der Waals surface area contributed by atoms with E-state index in [2.05, 4.69) is 5.10 Å². The van der Waals surface area contributed by atoms with Gasteiger partial charge in [0.15, 0.2) is 0 Å². The van der Waals surface area contributed by atoms with Gasteiger partial charge in [-0.05, 0) is 6.07 Å². The van der Waals surface area contributed by atoms with Crippen molar-refractivity contribution >= 4 is 16.6 Å². The number of hydrogen-bond acceptors (Lipinski definition) is 4. The van der Waals surface area contributed by atoms with E-state index in [0.717, 1.165) is 0 Å². The molecule has 80 valence electrons. The van der Waals surface area contributed by atoms with Crippen LogP contribution in [0.25, 0.3) is 10.9 Å². The Labute approximate surface area is 90.9 Å². The van der Waals surface area contributed by atoms with Crippen LogP contribution in [-0.4, -0.2) is 14.7 Å². The van der Waals surface area contributed by atoms with Crippen molar-refractivity contribution in [3.8, 4) is 6.07 Å². The van der Waals surface area contributed by atoms with E-state index in [4.69, 9.17) is 5.26 Å². The van der Waals surface area contributed by atoms with Crippen molar-refractivity contribution in [2.75, 3.05) is 0 Å². The number of aryl methyl sites for hydroxylation is 1. The fourth-order valence-electron chi connectivity index (χ4n) is 1.46. The lowest BCUT2D eigenvalue weighted by Crippen LogP contribution is -1.96. The quantitative estimate of drug-likeness (QED) is 0.578. The number of nitro benzene ring substituents is 1. The number of rotatable bonds is 3. The maximum atomic E-state index is 10.6. The number of non-ortho nitro benzene ring substituents is 1. The van der Waals surface area contributed by atoms with Crippen LogP contribution in [0.3, 0.4) is 0 Å². The van der Waals surface area contributed by atoms with Gasteiger partial charge in [-0.25, -0.2) is 0 Å². The molecule has 0 unspecified atom stereocenters. The summed E-state index contributed by atoms with van der Waals surface area (Å²) in [6.07, 6.45) is 2.08. The maximum Gasteiger partial charge on any atom is 0.270 e. The van der Waals surface area contributed by atoms with E-state index in [1.165, 1.54) is 12.1 Å². The third-order valence-corrected chi connectivity index (χ3v) is 2.20. The van der Waals surface area contributed by atoms with Crippen molar-refractivity contribution in [3.05, 3.63) is 34.5 Å². The summed E-state index contributed by atoms with van der Waals surface area (Å²) in [6.45, 7) is 0.499. The molecule has 0 saturated carbocycles. The predicted molar refractivity (Wildman–Crippen MR) is 56.6 cm³/mol. The fraction of sp³-hybridized carbons (Fsp3) is 0.200. The monoisotopic (exact) mass is 216 g/mol. The van der Waals surface area contributed by atoms with Crippen molar-refractivity contribution in [2.45, 2.75) is 13.0 Å². The minimum Gasteiger partial charge on any atom is -0.270 e. The highest BCUT2D eigenvalue weighted by Crippen LogP contribution is 2.19. The van der Waals surface area contributed by atoms with Gasteiger partial charge in [-0.2, -0.15) is 10.4 Å². The van der Waals surface area contributed by atoms with Gasteiger partial charge in [0.2, 0.25) is 0 Å². The van der Waals surface area contributed by atoms with Crippen LogP contribution in [0.5, 0.6) is 0 Å². The average molecular weight is 216 g/mol. The minimum atomic E-state index is -0.438. The Morgan fingerprint density at radius 3 is 3.06 bits per heavy atom. The van der Waals surface area contributed by atoms with Gasteiger partial charge in [0.25, 0.3) is 5.69 Å². The molecule has 0 N–H and O–H groups in total. The van der Waals surface area contributed by atoms with Crippen molar-refractivity contribution in [1.29, 1.82) is 5.26 Å². The standard InChI is InChI=1S/C10H8N4O2/c11-4-1-5-13-7-8-6-9(14(15)16)2-3-10(8)12-13/h2-3,6-7H,1,5H2. The molecule has 16 heavy (non-hydrogen) atoms. The largest absolute Gasteiger partial charge is 0.270 e. The lowest BCUT2D eigenvalue weighted by Gasteiger charge is -1.92. The molecule has 0 fully saturated rings. The number of hydrogen-bond donors (Lipinski definition) is 0. The van der Waals surface area contributed by atoms with Crippen LogP contribution >= 0.6 is 0 Å². The lowest BCUT2D eigenvalue weighted by molar-refractivity contribution is -0.384. The number of nitro groups is 1. The minimum absolute atomic E-state index is 0.0485. The third-order valence-electron chi connectivity index (χ3n) is 2.20. The SMILES string of the molecule is N#CCCn1cc2cc([N+](=O)[O-])ccc2n1. The van der Waals surface area contributed by atoms with Crippen molar-refractivity contribution in [2.24, 2.45) is 0 Å². The zero-order valence-corrected chi connectivity index (χ0v) is 8.33. The molecule has 0 radical (unpaired) electrons. The van der Waals surface area contributed by atoms with Crippen molar-refractivity contribution in [3.63, 3.8) is 0 Å². The Kier molecular flexibility index (Phi) is 2.52. The summed E-state index contributed by atoms with van der Waals surface area (Å²) < 4.78 is 1.62. The molecule has 6 nitrogen and oxygen atoms in total. The van der Waals surface area contributed by atoms with Gasteiger partial charge in [-0.1, -0.05) is 0 Å². The van der Waals surface area contributed by atoms with Gasteiger partial charge in [0.05, 0.1) is 29.5 Å². The van der Waals surface area contributed by atoms with E-state index in [1.807, 2.05) is 6.07 Å². The zero-order chi connectivity index (χ0) is 11.5.